The van der Waals surface area contributed by atoms with Gasteiger partial charge in [-0.25, -0.2) is 0 Å². The summed E-state index contributed by atoms with van der Waals surface area (Å²) in [6, 6.07) is 5.06. The fraction of sp³-hybridized carbons (Fsp3) is 0.579. The van der Waals surface area contributed by atoms with Gasteiger partial charge in [-0.15, -0.1) is 0 Å². The van der Waals surface area contributed by atoms with Crippen LogP contribution in [0.2, 0.25) is 0 Å². The van der Waals surface area contributed by atoms with Gasteiger partial charge >= 0.3 is 0 Å². The van der Waals surface area contributed by atoms with Crippen molar-refractivity contribution in [2.24, 2.45) is 11.3 Å². The predicted molar refractivity (Wildman–Crippen MR) is 91.4 cm³/mol. The first kappa shape index (κ1) is 19.2. The van der Waals surface area contributed by atoms with Gasteiger partial charge < -0.3 is 9.47 Å². The molecule has 0 aromatic heterocycles. The smallest absolute Gasteiger partial charge is 0.170 e. The summed E-state index contributed by atoms with van der Waals surface area (Å²) in [5.41, 5.74) is -0.0469. The van der Waals surface area contributed by atoms with Crippen LogP contribution in [-0.4, -0.2) is 25.3 Å². The lowest BCUT2D eigenvalue weighted by molar-refractivity contribution is -0.125. The van der Waals surface area contributed by atoms with Gasteiger partial charge in [-0.1, -0.05) is 41.0 Å². The summed E-state index contributed by atoms with van der Waals surface area (Å²) in [6.45, 7) is 10.3. The third-order valence-electron chi connectivity index (χ3n) is 3.86. The number of ether oxygens (including phenoxy) is 2. The average molecular weight is 320 g/mol. The zero-order valence-electron chi connectivity index (χ0n) is 15.1. The van der Waals surface area contributed by atoms with E-state index in [0.717, 1.165) is 6.42 Å². The maximum Gasteiger partial charge on any atom is 0.170 e. The van der Waals surface area contributed by atoms with Crippen molar-refractivity contribution in [3.8, 4) is 11.5 Å². The summed E-state index contributed by atoms with van der Waals surface area (Å²) in [6.07, 6.45) is 0.938. The van der Waals surface area contributed by atoms with Crippen molar-refractivity contribution in [3.63, 3.8) is 0 Å². The first-order valence-corrected chi connectivity index (χ1v) is 8.06. The fourth-order valence-corrected chi connectivity index (χ4v) is 1.82. The SMILES string of the molecule is CCC(C)COc1ccc(C(=O)CC(=O)C(C)(C)C)cc1OC. The van der Waals surface area contributed by atoms with Gasteiger partial charge in [-0.05, 0) is 24.1 Å². The molecule has 4 nitrogen and oxygen atoms in total. The molecule has 0 amide bonds. The Morgan fingerprint density at radius 2 is 1.83 bits per heavy atom. The Bertz CT molecular complexity index is 555. The predicted octanol–water partition coefficient (Wildman–Crippen LogP) is 4.31. The van der Waals surface area contributed by atoms with Crippen LogP contribution in [0.4, 0.5) is 0 Å². The van der Waals surface area contributed by atoms with Gasteiger partial charge in [-0.3, -0.25) is 9.59 Å². The number of methoxy groups -OCH3 is 1. The Morgan fingerprint density at radius 3 is 2.35 bits per heavy atom. The summed E-state index contributed by atoms with van der Waals surface area (Å²) in [4.78, 5) is 24.3. The van der Waals surface area contributed by atoms with Crippen LogP contribution >= 0.6 is 0 Å². The molecule has 0 bridgehead atoms. The Morgan fingerprint density at radius 1 is 1.17 bits per heavy atom. The second-order valence-electron chi connectivity index (χ2n) is 6.96. The van der Waals surface area contributed by atoms with Crippen molar-refractivity contribution < 1.29 is 19.1 Å². The minimum absolute atomic E-state index is 0.0708. The van der Waals surface area contributed by atoms with Gasteiger partial charge in [0, 0.05) is 11.0 Å². The summed E-state index contributed by atoms with van der Waals surface area (Å²) >= 11 is 0. The normalized spacial score (nSPS) is 12.6. The van der Waals surface area contributed by atoms with Gasteiger partial charge in [0.2, 0.25) is 0 Å². The maximum atomic E-state index is 12.3. The van der Waals surface area contributed by atoms with Crippen LogP contribution in [0.25, 0.3) is 0 Å². The van der Waals surface area contributed by atoms with Crippen LogP contribution in [-0.2, 0) is 4.79 Å². The van der Waals surface area contributed by atoms with Crippen LogP contribution < -0.4 is 9.47 Å². The lowest BCUT2D eigenvalue weighted by atomic mass is 9.87. The van der Waals surface area contributed by atoms with Gasteiger partial charge in [-0.2, -0.15) is 0 Å². The molecule has 0 aliphatic heterocycles. The second-order valence-corrected chi connectivity index (χ2v) is 6.96. The minimum atomic E-state index is -0.515. The number of carbonyl (C=O) groups is 2. The largest absolute Gasteiger partial charge is 0.493 e. The van der Waals surface area contributed by atoms with Crippen LogP contribution in [0.5, 0.6) is 11.5 Å². The number of benzene rings is 1. The number of ketones is 2. The molecule has 1 rings (SSSR count). The lowest BCUT2D eigenvalue weighted by Gasteiger charge is -2.17. The molecule has 1 unspecified atom stereocenters. The molecule has 0 heterocycles. The Hall–Kier alpha value is -1.84. The number of hydrogen-bond acceptors (Lipinski definition) is 4. The third kappa shape index (κ3) is 5.70. The molecule has 0 spiro atoms. The molecule has 0 saturated carbocycles. The summed E-state index contributed by atoms with van der Waals surface area (Å²) in [5, 5.41) is 0. The highest BCUT2D eigenvalue weighted by atomic mass is 16.5. The van der Waals surface area contributed by atoms with E-state index in [0.29, 0.717) is 29.6 Å². The van der Waals surface area contributed by atoms with Gasteiger partial charge in [0.25, 0.3) is 0 Å². The molecule has 0 aliphatic carbocycles. The van der Waals surface area contributed by atoms with Gasteiger partial charge in [0.15, 0.2) is 17.3 Å². The van der Waals surface area contributed by atoms with Crippen LogP contribution in [0, 0.1) is 11.3 Å². The zero-order chi connectivity index (χ0) is 17.6. The molecular weight excluding hydrogens is 292 g/mol. The molecule has 4 heteroatoms. The summed E-state index contributed by atoms with van der Waals surface area (Å²) in [7, 11) is 1.54. The van der Waals surface area contributed by atoms with E-state index in [-0.39, 0.29) is 18.0 Å². The molecule has 1 aromatic carbocycles. The van der Waals surface area contributed by atoms with E-state index in [9.17, 15) is 9.59 Å². The van der Waals surface area contributed by atoms with Crippen molar-refractivity contribution >= 4 is 11.6 Å². The molecular formula is C19H28O4. The summed E-state index contributed by atoms with van der Waals surface area (Å²) < 4.78 is 11.1. The van der Waals surface area contributed by atoms with Crippen molar-refractivity contribution in [1.82, 2.24) is 0 Å². The highest BCUT2D eigenvalue weighted by Crippen LogP contribution is 2.29. The van der Waals surface area contributed by atoms with Gasteiger partial charge in [0.1, 0.15) is 5.78 Å². The Labute approximate surface area is 139 Å². The van der Waals surface area contributed by atoms with E-state index < -0.39 is 5.41 Å². The van der Waals surface area contributed by atoms with Crippen molar-refractivity contribution in [2.75, 3.05) is 13.7 Å². The maximum absolute atomic E-state index is 12.3. The molecule has 0 aliphatic rings. The van der Waals surface area contributed by atoms with E-state index in [1.54, 1.807) is 25.3 Å². The van der Waals surface area contributed by atoms with Gasteiger partial charge in [0.05, 0.1) is 20.1 Å². The molecule has 0 saturated heterocycles. The Balaban J connectivity index is 2.86. The van der Waals surface area contributed by atoms with Crippen molar-refractivity contribution in [1.29, 1.82) is 0 Å². The minimum Gasteiger partial charge on any atom is -0.493 e. The first-order valence-electron chi connectivity index (χ1n) is 8.06. The van der Waals surface area contributed by atoms with E-state index in [2.05, 4.69) is 13.8 Å². The highest BCUT2D eigenvalue weighted by molar-refractivity contribution is 6.09. The lowest BCUT2D eigenvalue weighted by Crippen LogP contribution is -2.23. The molecule has 0 radical (unpaired) electrons. The first-order chi connectivity index (χ1) is 10.7. The molecule has 0 fully saturated rings. The number of carbonyl (C=O) groups excluding carboxylic acids is 2. The van der Waals surface area contributed by atoms with E-state index in [4.69, 9.17) is 9.47 Å². The topological polar surface area (TPSA) is 52.6 Å². The standard InChI is InChI=1S/C19H28O4/c1-7-13(2)12-23-16-9-8-14(10-17(16)22-6)15(20)11-18(21)19(3,4)5/h8-10,13H,7,11-12H2,1-6H3. The average Bonchev–Trinajstić information content (AvgIpc) is 2.51. The quantitative estimate of drug-likeness (QED) is 0.529. The van der Waals surface area contributed by atoms with Crippen molar-refractivity contribution in [3.05, 3.63) is 23.8 Å². The number of Topliss-reactive ketones (excluding diaryl/α,β-unsaturated/α-hetero) is 2. The van der Waals surface area contributed by atoms with Crippen LogP contribution in [0.3, 0.4) is 0 Å². The fourth-order valence-electron chi connectivity index (χ4n) is 1.82. The molecule has 0 N–H and O–H groups in total. The number of rotatable bonds is 8. The molecule has 1 aromatic rings. The zero-order valence-corrected chi connectivity index (χ0v) is 15.1. The van der Waals surface area contributed by atoms with Crippen molar-refractivity contribution in [2.45, 2.75) is 47.5 Å². The number of hydrogen-bond donors (Lipinski definition) is 0. The van der Waals surface area contributed by atoms with Crippen LogP contribution in [0.1, 0.15) is 57.8 Å². The molecule has 128 valence electrons. The van der Waals surface area contributed by atoms with E-state index in [1.165, 1.54) is 0 Å². The molecule has 1 atom stereocenters. The van der Waals surface area contributed by atoms with Crippen LogP contribution in [0.15, 0.2) is 18.2 Å². The third-order valence-corrected chi connectivity index (χ3v) is 3.86. The highest BCUT2D eigenvalue weighted by Gasteiger charge is 2.24. The second kappa shape index (κ2) is 8.14. The monoisotopic (exact) mass is 320 g/mol. The van der Waals surface area contributed by atoms with E-state index >= 15 is 0 Å². The Kier molecular flexibility index (Phi) is 6.79. The summed E-state index contributed by atoms with van der Waals surface area (Å²) in [5.74, 6) is 1.31. The molecule has 23 heavy (non-hydrogen) atoms. The van der Waals surface area contributed by atoms with E-state index in [1.807, 2.05) is 20.8 Å².